The summed E-state index contributed by atoms with van der Waals surface area (Å²) < 4.78 is 2.77. The first-order valence-corrected chi connectivity index (χ1v) is 26.7. The molecule has 0 spiro atoms. The molecular weight excluding hydrogens is 864 g/mol. The van der Waals surface area contributed by atoms with Crippen molar-refractivity contribution < 1.29 is 0 Å². The van der Waals surface area contributed by atoms with Crippen molar-refractivity contribution in [3.63, 3.8) is 0 Å². The Morgan fingerprint density at radius 2 is 1.07 bits per heavy atom. The molecule has 7 aromatic carbocycles. The van der Waals surface area contributed by atoms with Crippen LogP contribution < -0.4 is 25.5 Å². The van der Waals surface area contributed by atoms with Crippen molar-refractivity contribution in [2.75, 3.05) is 9.80 Å². The molecule has 70 heavy (non-hydrogen) atoms. The highest BCUT2D eigenvalue weighted by Gasteiger charge is 2.47. The topological polar surface area (TPSA) is 6.48 Å². The van der Waals surface area contributed by atoms with Crippen molar-refractivity contribution in [2.45, 2.75) is 144 Å². The first kappa shape index (κ1) is 46.5. The summed E-state index contributed by atoms with van der Waals surface area (Å²) in [5.74, 6) is 0. The second-order valence-electron chi connectivity index (χ2n) is 25.4. The third-order valence-electron chi connectivity index (χ3n) is 16.4. The molecule has 3 aliphatic rings. The molecule has 11 rings (SSSR count). The molecule has 0 bridgehead atoms. The second-order valence-corrected chi connectivity index (χ2v) is 26.5. The summed E-state index contributed by atoms with van der Waals surface area (Å²) >= 11 is 2.02. The van der Waals surface area contributed by atoms with Gasteiger partial charge in [0, 0.05) is 43.2 Å². The van der Waals surface area contributed by atoms with Gasteiger partial charge in [-0.1, -0.05) is 175 Å². The predicted octanol–water partition coefficient (Wildman–Crippen LogP) is 17.2. The zero-order chi connectivity index (χ0) is 49.6. The molecule has 8 aromatic rings. The number of benzene rings is 7. The van der Waals surface area contributed by atoms with E-state index in [1.807, 2.05) is 11.3 Å². The Hall–Kier alpha value is -5.84. The fourth-order valence-corrected chi connectivity index (χ4v) is 13.5. The zero-order valence-corrected chi connectivity index (χ0v) is 45.3. The van der Waals surface area contributed by atoms with Gasteiger partial charge in [-0.25, -0.2) is 0 Å². The summed E-state index contributed by atoms with van der Waals surface area (Å²) in [6, 6.07) is 52.7. The average Bonchev–Trinajstić information content (AvgIpc) is 3.68. The largest absolute Gasteiger partial charge is 0.311 e. The molecule has 0 atom stereocenters. The Labute approximate surface area is 423 Å². The SMILES string of the molecule is Cc1cccc(C)c1-c1cc2c3c(c1)N(c1ccc4c(c1)C(C)(C)CCC4(C)C)c1c(sc4cc(C(C)(C)C)ccc14)B3c1cc(C(C)(C)C)ccc1N2c1ccc(C(C)(C)C)cc1-c1ccccc1. The van der Waals surface area contributed by atoms with Gasteiger partial charge in [-0.15, -0.1) is 11.3 Å². The molecule has 354 valence electrons. The summed E-state index contributed by atoms with van der Waals surface area (Å²) in [6.07, 6.45) is 2.35. The Morgan fingerprint density at radius 3 is 1.71 bits per heavy atom. The quantitative estimate of drug-likeness (QED) is 0.162. The van der Waals surface area contributed by atoms with Gasteiger partial charge in [0.1, 0.15) is 0 Å². The molecule has 0 N–H and O–H groups in total. The number of rotatable bonds is 4. The third-order valence-corrected chi connectivity index (χ3v) is 17.7. The van der Waals surface area contributed by atoms with Crippen LogP contribution in [-0.4, -0.2) is 6.71 Å². The third kappa shape index (κ3) is 7.41. The van der Waals surface area contributed by atoms with Gasteiger partial charge in [-0.3, -0.25) is 0 Å². The summed E-state index contributed by atoms with van der Waals surface area (Å²) in [6.45, 7) is 35.6. The molecule has 0 unspecified atom stereocenters. The Balaban J connectivity index is 1.32. The van der Waals surface area contributed by atoms with Crippen molar-refractivity contribution in [3.05, 3.63) is 172 Å². The molecule has 0 radical (unpaired) electrons. The summed E-state index contributed by atoms with van der Waals surface area (Å²) in [7, 11) is 0. The molecule has 0 saturated heterocycles. The molecule has 1 aromatic heterocycles. The van der Waals surface area contributed by atoms with Crippen LogP contribution >= 0.6 is 11.3 Å². The van der Waals surface area contributed by atoms with E-state index < -0.39 is 0 Å². The van der Waals surface area contributed by atoms with E-state index in [0.717, 1.165) is 6.42 Å². The molecular formula is C66H71BN2S. The molecule has 1 aliphatic carbocycles. The Morgan fingerprint density at radius 1 is 0.500 bits per heavy atom. The maximum atomic E-state index is 2.72. The number of fused-ring (bicyclic) bond motifs is 7. The molecule has 4 heteroatoms. The standard InChI is InChI=1S/C66H71BN2S/c1-40-20-19-21-41(2)58(40)43-34-55-59-56(35-43)69(53-30-25-44(62(3,4)5)36-49(53)42-22-17-16-18-23-42)54-31-26-45(63(6,7)8)37-52(54)67(59)61-60(48-28-24-46(64(9,10)11)38-57(48)70-61)68(55)47-27-29-50-51(39-47)66(14,15)33-32-65(50,12)13/h16-31,34-39H,32-33H2,1-15H3. The fraction of sp³-hybridized carbons (Fsp3) is 0.333. The van der Waals surface area contributed by atoms with Crippen molar-refractivity contribution >= 4 is 78.0 Å². The van der Waals surface area contributed by atoms with E-state index in [0.29, 0.717) is 0 Å². The van der Waals surface area contributed by atoms with E-state index in [9.17, 15) is 0 Å². The highest BCUT2D eigenvalue weighted by atomic mass is 32.1. The van der Waals surface area contributed by atoms with Gasteiger partial charge in [-0.2, -0.15) is 0 Å². The maximum Gasteiger partial charge on any atom is 0.264 e. The van der Waals surface area contributed by atoms with E-state index in [-0.39, 0.29) is 33.8 Å². The van der Waals surface area contributed by atoms with Crippen LogP contribution in [0.5, 0.6) is 0 Å². The maximum absolute atomic E-state index is 2.72. The second kappa shape index (κ2) is 15.8. The Kier molecular flexibility index (Phi) is 10.5. The minimum atomic E-state index is -0.0479. The van der Waals surface area contributed by atoms with Gasteiger partial charge in [0.25, 0.3) is 6.71 Å². The number of nitrogens with zero attached hydrogens (tertiary/aromatic N) is 2. The van der Waals surface area contributed by atoms with E-state index in [1.165, 1.54) is 128 Å². The van der Waals surface area contributed by atoms with E-state index >= 15 is 0 Å². The lowest BCUT2D eigenvalue weighted by molar-refractivity contribution is 0.332. The highest BCUT2D eigenvalue weighted by molar-refractivity contribution is 7.33. The van der Waals surface area contributed by atoms with Crippen molar-refractivity contribution in [1.82, 2.24) is 0 Å². The number of aryl methyl sites for hydroxylation is 2. The van der Waals surface area contributed by atoms with E-state index in [4.69, 9.17) is 0 Å². The molecule has 0 saturated carbocycles. The van der Waals surface area contributed by atoms with Crippen molar-refractivity contribution in [1.29, 1.82) is 0 Å². The number of anilines is 6. The zero-order valence-electron chi connectivity index (χ0n) is 44.5. The minimum absolute atomic E-state index is 0.00864. The molecule has 0 fully saturated rings. The van der Waals surface area contributed by atoms with Crippen LogP contribution in [0.2, 0.25) is 0 Å². The number of thiophene rings is 1. The van der Waals surface area contributed by atoms with Crippen LogP contribution in [0.4, 0.5) is 34.1 Å². The average molecular weight is 935 g/mol. The predicted molar refractivity (Wildman–Crippen MR) is 308 cm³/mol. The molecule has 0 amide bonds. The lowest BCUT2D eigenvalue weighted by atomic mass is 9.36. The van der Waals surface area contributed by atoms with Crippen LogP contribution in [0.3, 0.4) is 0 Å². The highest BCUT2D eigenvalue weighted by Crippen LogP contribution is 2.54. The molecule has 2 nitrogen and oxygen atoms in total. The van der Waals surface area contributed by atoms with Crippen LogP contribution in [0.25, 0.3) is 32.3 Å². The van der Waals surface area contributed by atoms with Crippen LogP contribution in [-0.2, 0) is 27.1 Å². The Bertz CT molecular complexity index is 3400. The van der Waals surface area contributed by atoms with Gasteiger partial charge in [0.15, 0.2) is 0 Å². The van der Waals surface area contributed by atoms with Crippen LogP contribution in [0.1, 0.15) is 142 Å². The van der Waals surface area contributed by atoms with Crippen molar-refractivity contribution in [3.8, 4) is 22.3 Å². The van der Waals surface area contributed by atoms with Gasteiger partial charge < -0.3 is 9.80 Å². The van der Waals surface area contributed by atoms with Crippen LogP contribution in [0, 0.1) is 13.8 Å². The van der Waals surface area contributed by atoms with Gasteiger partial charge in [0.2, 0.25) is 0 Å². The number of hydrogen-bond donors (Lipinski definition) is 0. The lowest BCUT2D eigenvalue weighted by Gasteiger charge is -2.45. The van der Waals surface area contributed by atoms with Crippen molar-refractivity contribution in [2.24, 2.45) is 0 Å². The van der Waals surface area contributed by atoms with E-state index in [2.05, 4.69) is 247 Å². The number of hydrogen-bond acceptors (Lipinski definition) is 3. The normalized spacial score (nSPS) is 16.0. The van der Waals surface area contributed by atoms with Gasteiger partial charge in [-0.05, 0) is 169 Å². The lowest BCUT2D eigenvalue weighted by Crippen LogP contribution is -2.60. The van der Waals surface area contributed by atoms with E-state index in [1.54, 1.807) is 0 Å². The monoisotopic (exact) mass is 935 g/mol. The van der Waals surface area contributed by atoms with Gasteiger partial charge in [0.05, 0.1) is 11.4 Å². The fourth-order valence-electron chi connectivity index (χ4n) is 12.1. The summed E-state index contributed by atoms with van der Waals surface area (Å²) in [4.78, 5) is 5.38. The first-order chi connectivity index (χ1) is 32.9. The minimum Gasteiger partial charge on any atom is -0.311 e. The summed E-state index contributed by atoms with van der Waals surface area (Å²) in [5.41, 5.74) is 25.0. The first-order valence-electron chi connectivity index (χ1n) is 25.8. The molecule has 3 heterocycles. The summed E-state index contributed by atoms with van der Waals surface area (Å²) in [5, 5.41) is 1.33. The molecule has 2 aliphatic heterocycles. The van der Waals surface area contributed by atoms with Gasteiger partial charge >= 0.3 is 0 Å². The smallest absolute Gasteiger partial charge is 0.264 e. The van der Waals surface area contributed by atoms with Crippen LogP contribution in [0.15, 0.2) is 133 Å².